The van der Waals surface area contributed by atoms with Crippen LogP contribution in [-0.4, -0.2) is 22.4 Å². The fourth-order valence-electron chi connectivity index (χ4n) is 6.57. The van der Waals surface area contributed by atoms with Crippen molar-refractivity contribution in [2.75, 3.05) is 0 Å². The van der Waals surface area contributed by atoms with Crippen LogP contribution in [0.15, 0.2) is 0 Å². The maximum atomic E-state index is 10.1. The van der Waals surface area contributed by atoms with Crippen molar-refractivity contribution < 1.29 is 10.2 Å². The Balaban J connectivity index is 1.70. The summed E-state index contributed by atoms with van der Waals surface area (Å²) in [6.07, 6.45) is 1.98. The van der Waals surface area contributed by atoms with Gasteiger partial charge in [-0.25, -0.2) is 0 Å². The maximum Gasteiger partial charge on any atom is 0.0577 e. The third-order valence-electron chi connectivity index (χ3n) is 6.56. The van der Waals surface area contributed by atoms with E-state index in [0.29, 0.717) is 11.8 Å². The minimum absolute atomic E-state index is 0.0683. The lowest BCUT2D eigenvalue weighted by Gasteiger charge is -2.84. The van der Waals surface area contributed by atoms with Crippen molar-refractivity contribution in [3.05, 3.63) is 0 Å². The summed E-state index contributed by atoms with van der Waals surface area (Å²) >= 11 is 0. The van der Waals surface area contributed by atoms with E-state index in [0.717, 1.165) is 48.3 Å². The van der Waals surface area contributed by atoms with Gasteiger partial charge in [-0.15, -0.1) is 0 Å². The standard InChI is InChI=1S/C12H16O2/c13-5-1-3-7-8-4-2-6(14)12(9(3)8)11(5)10(4)7/h3-14H,1-2H2/t3-,4-,5+,6+,7+,8+,9-,10+,11-,12-/m0/s1. The summed E-state index contributed by atoms with van der Waals surface area (Å²) in [5.74, 6) is 6.23. The molecule has 8 bridgehead atoms. The molecule has 8 fully saturated rings. The van der Waals surface area contributed by atoms with E-state index in [9.17, 15) is 10.2 Å². The van der Waals surface area contributed by atoms with Crippen LogP contribution >= 0.6 is 0 Å². The molecule has 8 aliphatic carbocycles. The smallest absolute Gasteiger partial charge is 0.0577 e. The van der Waals surface area contributed by atoms with Gasteiger partial charge < -0.3 is 10.2 Å². The molecule has 0 amide bonds. The first-order valence-corrected chi connectivity index (χ1v) is 6.15. The van der Waals surface area contributed by atoms with Crippen LogP contribution in [0.4, 0.5) is 0 Å². The predicted octanol–water partition coefficient (Wildman–Crippen LogP) is 0.486. The highest BCUT2D eigenvalue weighted by atomic mass is 16.3. The van der Waals surface area contributed by atoms with Crippen molar-refractivity contribution >= 4 is 0 Å². The molecule has 0 radical (unpaired) electrons. The van der Waals surface area contributed by atoms with Crippen LogP contribution in [0.2, 0.25) is 0 Å². The minimum Gasteiger partial charge on any atom is -0.393 e. The normalized spacial score (nSPS) is 81.0. The molecule has 76 valence electrons. The van der Waals surface area contributed by atoms with Gasteiger partial charge in [0.1, 0.15) is 0 Å². The van der Waals surface area contributed by atoms with Crippen LogP contribution in [0.25, 0.3) is 0 Å². The molecule has 0 aromatic heterocycles. The lowest BCUT2D eigenvalue weighted by Crippen LogP contribution is -2.83. The van der Waals surface area contributed by atoms with Gasteiger partial charge in [-0.1, -0.05) is 0 Å². The zero-order chi connectivity index (χ0) is 9.19. The largest absolute Gasteiger partial charge is 0.393 e. The van der Waals surface area contributed by atoms with Crippen LogP contribution in [0, 0.1) is 47.3 Å². The van der Waals surface area contributed by atoms with E-state index in [2.05, 4.69) is 0 Å². The molecule has 0 aromatic rings. The first-order chi connectivity index (χ1) is 6.79. The lowest BCUT2D eigenvalue weighted by molar-refractivity contribution is -0.394. The average Bonchev–Trinajstić information content (AvgIpc) is 2.16. The summed E-state index contributed by atoms with van der Waals surface area (Å²) in [6.45, 7) is 0. The third-order valence-corrected chi connectivity index (χ3v) is 6.56. The van der Waals surface area contributed by atoms with Crippen molar-refractivity contribution in [2.24, 2.45) is 47.3 Å². The monoisotopic (exact) mass is 192 g/mol. The van der Waals surface area contributed by atoms with E-state index < -0.39 is 0 Å². The summed E-state index contributed by atoms with van der Waals surface area (Å²) < 4.78 is 0. The Bertz CT molecular complexity index is 296. The summed E-state index contributed by atoms with van der Waals surface area (Å²) in [4.78, 5) is 0. The van der Waals surface area contributed by atoms with Gasteiger partial charge in [0, 0.05) is 0 Å². The molecule has 8 aliphatic rings. The van der Waals surface area contributed by atoms with Gasteiger partial charge in [-0.05, 0) is 60.2 Å². The molecule has 0 unspecified atom stereocenters. The summed E-state index contributed by atoms with van der Waals surface area (Å²) in [5.41, 5.74) is 0. The Morgan fingerprint density at radius 3 is 1.36 bits per heavy atom. The number of rotatable bonds is 0. The predicted molar refractivity (Wildman–Crippen MR) is 49.2 cm³/mol. The Hall–Kier alpha value is -0.0800. The van der Waals surface area contributed by atoms with Crippen molar-refractivity contribution in [2.45, 2.75) is 25.0 Å². The molecule has 2 nitrogen and oxygen atoms in total. The number of hydrogen-bond acceptors (Lipinski definition) is 2. The Labute approximate surface area is 83.3 Å². The molecule has 0 heterocycles. The molecule has 8 rings (SSSR count). The third kappa shape index (κ3) is 0.455. The molecule has 2 N–H and O–H groups in total. The van der Waals surface area contributed by atoms with E-state index in [1.165, 1.54) is 0 Å². The molecule has 0 aliphatic heterocycles. The number of hydrogen-bond donors (Lipinski definition) is 2. The van der Waals surface area contributed by atoms with Gasteiger partial charge in [0.25, 0.3) is 0 Å². The molecular weight excluding hydrogens is 176 g/mol. The molecule has 8 saturated carbocycles. The van der Waals surface area contributed by atoms with E-state index in [1.807, 2.05) is 0 Å². The van der Waals surface area contributed by atoms with Crippen molar-refractivity contribution in [3.8, 4) is 0 Å². The molecule has 0 aromatic carbocycles. The SMILES string of the molecule is O[C@@H]1C[C@H]2[C@@H]3[C@H]4[C@@H]5C[C@@H](O)[C@@H]([C@@H]24)[C@@H]1[C@H]53. The fourth-order valence-corrected chi connectivity index (χ4v) is 6.57. The summed E-state index contributed by atoms with van der Waals surface area (Å²) in [7, 11) is 0. The van der Waals surface area contributed by atoms with Gasteiger partial charge in [-0.2, -0.15) is 0 Å². The fraction of sp³-hybridized carbons (Fsp3) is 1.00. The molecule has 14 heavy (non-hydrogen) atoms. The Morgan fingerprint density at radius 1 is 0.571 bits per heavy atom. The van der Waals surface area contributed by atoms with Crippen LogP contribution in [0.3, 0.4) is 0 Å². The number of aliphatic hydroxyl groups is 2. The van der Waals surface area contributed by atoms with E-state index in [4.69, 9.17) is 0 Å². The molecule has 2 heteroatoms. The second-order valence-electron chi connectivity index (χ2n) is 6.40. The summed E-state index contributed by atoms with van der Waals surface area (Å²) in [5, 5.41) is 20.1. The van der Waals surface area contributed by atoms with Crippen LogP contribution in [0.5, 0.6) is 0 Å². The lowest BCUT2D eigenvalue weighted by atomic mass is 9.21. The van der Waals surface area contributed by atoms with Crippen LogP contribution in [-0.2, 0) is 0 Å². The zero-order valence-electron chi connectivity index (χ0n) is 8.08. The van der Waals surface area contributed by atoms with Gasteiger partial charge >= 0.3 is 0 Å². The Kier molecular flexibility index (Phi) is 0.931. The van der Waals surface area contributed by atoms with E-state index >= 15 is 0 Å². The van der Waals surface area contributed by atoms with Crippen molar-refractivity contribution in [1.82, 2.24) is 0 Å². The number of fused-ring (bicyclic) bond motifs is 2. The van der Waals surface area contributed by atoms with Gasteiger partial charge in [0.05, 0.1) is 12.2 Å². The first-order valence-electron chi connectivity index (χ1n) is 6.15. The molecular formula is C12H16O2. The second-order valence-corrected chi connectivity index (χ2v) is 6.40. The zero-order valence-corrected chi connectivity index (χ0v) is 8.08. The van der Waals surface area contributed by atoms with Crippen LogP contribution in [0.1, 0.15) is 12.8 Å². The van der Waals surface area contributed by atoms with Crippen LogP contribution < -0.4 is 0 Å². The van der Waals surface area contributed by atoms with Gasteiger partial charge in [-0.3, -0.25) is 0 Å². The molecule has 10 atom stereocenters. The van der Waals surface area contributed by atoms with Gasteiger partial charge in [0.15, 0.2) is 0 Å². The first kappa shape index (κ1) is 7.24. The van der Waals surface area contributed by atoms with Crippen molar-refractivity contribution in [3.63, 3.8) is 0 Å². The van der Waals surface area contributed by atoms with Gasteiger partial charge in [0.2, 0.25) is 0 Å². The quantitative estimate of drug-likeness (QED) is 0.586. The topological polar surface area (TPSA) is 40.5 Å². The van der Waals surface area contributed by atoms with E-state index in [-0.39, 0.29) is 12.2 Å². The number of aliphatic hydroxyl groups excluding tert-OH is 2. The minimum atomic E-state index is -0.0683. The van der Waals surface area contributed by atoms with E-state index in [1.54, 1.807) is 0 Å². The highest BCUT2D eigenvalue weighted by Gasteiger charge is 2.81. The molecule has 0 saturated heterocycles. The van der Waals surface area contributed by atoms with Crippen molar-refractivity contribution in [1.29, 1.82) is 0 Å². The second kappa shape index (κ2) is 1.80. The average molecular weight is 192 g/mol. The Morgan fingerprint density at radius 2 is 0.929 bits per heavy atom. The highest BCUT2D eigenvalue weighted by molar-refractivity contribution is 5.28. The molecule has 0 spiro atoms. The maximum absolute atomic E-state index is 10.1. The highest BCUT2D eigenvalue weighted by Crippen LogP contribution is 2.82. The summed E-state index contributed by atoms with van der Waals surface area (Å²) in [6, 6.07) is 0.